The predicted octanol–water partition coefficient (Wildman–Crippen LogP) is 5.53. The zero-order valence-corrected chi connectivity index (χ0v) is 13.0. The van der Waals surface area contributed by atoms with Crippen LogP contribution in [-0.4, -0.2) is 0 Å². The topological polar surface area (TPSA) is 23.8 Å². The minimum Gasteiger partial charge on any atom is -0.192 e. The first kappa shape index (κ1) is 14.4. The molecule has 0 bridgehead atoms. The Hall–Kier alpha value is -1.00. The van der Waals surface area contributed by atoms with Gasteiger partial charge in [-0.05, 0) is 53.7 Å². The van der Waals surface area contributed by atoms with E-state index in [1.807, 2.05) is 12.1 Å². The van der Waals surface area contributed by atoms with Crippen LogP contribution in [0.2, 0.25) is 5.02 Å². The molecule has 0 heterocycles. The number of benzene rings is 1. The highest BCUT2D eigenvalue weighted by atomic mass is 35.5. The maximum Gasteiger partial charge on any atom is 0.0992 e. The van der Waals surface area contributed by atoms with Crippen LogP contribution in [0.15, 0.2) is 18.2 Å². The molecule has 1 aromatic rings. The van der Waals surface area contributed by atoms with Gasteiger partial charge in [-0.3, -0.25) is 0 Å². The van der Waals surface area contributed by atoms with Crippen LogP contribution in [0, 0.1) is 22.2 Å². The Morgan fingerprint density at radius 1 is 1.16 bits per heavy atom. The summed E-state index contributed by atoms with van der Waals surface area (Å²) < 4.78 is 0. The van der Waals surface area contributed by atoms with Gasteiger partial charge in [0.25, 0.3) is 0 Å². The van der Waals surface area contributed by atoms with E-state index < -0.39 is 0 Å². The highest BCUT2D eigenvalue weighted by Gasteiger charge is 2.39. The molecule has 1 nitrogen and oxygen atoms in total. The van der Waals surface area contributed by atoms with Crippen LogP contribution in [0.5, 0.6) is 0 Å². The second-order valence-corrected chi connectivity index (χ2v) is 7.87. The second-order valence-electron chi connectivity index (χ2n) is 7.46. The summed E-state index contributed by atoms with van der Waals surface area (Å²) in [7, 11) is 0. The van der Waals surface area contributed by atoms with Gasteiger partial charge in [0, 0.05) is 5.02 Å². The van der Waals surface area contributed by atoms with Gasteiger partial charge in [0.05, 0.1) is 11.6 Å². The van der Waals surface area contributed by atoms with Crippen molar-refractivity contribution in [1.82, 2.24) is 0 Å². The molecular formula is C17H22ClN. The van der Waals surface area contributed by atoms with Gasteiger partial charge in [0.2, 0.25) is 0 Å². The van der Waals surface area contributed by atoms with Gasteiger partial charge in [0.1, 0.15) is 0 Å². The van der Waals surface area contributed by atoms with E-state index in [4.69, 9.17) is 16.9 Å². The number of halogens is 1. The van der Waals surface area contributed by atoms with E-state index in [9.17, 15) is 0 Å². The normalized spacial score (nSPS) is 21.9. The molecule has 0 radical (unpaired) electrons. The van der Waals surface area contributed by atoms with Crippen LogP contribution in [0.25, 0.3) is 0 Å². The molecule has 2 rings (SSSR count). The molecule has 19 heavy (non-hydrogen) atoms. The van der Waals surface area contributed by atoms with Crippen LogP contribution in [0.4, 0.5) is 0 Å². The fourth-order valence-electron chi connectivity index (χ4n) is 3.99. The summed E-state index contributed by atoms with van der Waals surface area (Å²) in [6, 6.07) is 7.87. The van der Waals surface area contributed by atoms with Crippen molar-refractivity contribution in [2.24, 2.45) is 10.8 Å². The Morgan fingerprint density at radius 2 is 1.74 bits per heavy atom. The van der Waals surface area contributed by atoms with Crippen molar-refractivity contribution >= 4 is 11.6 Å². The average molecular weight is 276 g/mol. The fourth-order valence-corrected chi connectivity index (χ4v) is 4.33. The summed E-state index contributed by atoms with van der Waals surface area (Å²) in [6.07, 6.45) is 3.59. The standard InChI is InChI=1S/C17H22ClN/c1-16(2)8-13(9-17(3,4)11-16)14-6-5-12(10-19)7-15(14)18/h5-7,13H,8-9,11H2,1-4H3. The summed E-state index contributed by atoms with van der Waals surface area (Å²) >= 11 is 6.38. The molecule has 0 aromatic heterocycles. The average Bonchev–Trinajstić information content (AvgIpc) is 2.24. The van der Waals surface area contributed by atoms with Gasteiger partial charge >= 0.3 is 0 Å². The Labute approximate surface area is 121 Å². The van der Waals surface area contributed by atoms with Crippen LogP contribution in [-0.2, 0) is 0 Å². The Balaban J connectivity index is 2.34. The lowest BCUT2D eigenvalue weighted by molar-refractivity contribution is 0.0969. The van der Waals surface area contributed by atoms with Crippen LogP contribution >= 0.6 is 11.6 Å². The van der Waals surface area contributed by atoms with Gasteiger partial charge < -0.3 is 0 Å². The largest absolute Gasteiger partial charge is 0.192 e. The molecular weight excluding hydrogens is 254 g/mol. The van der Waals surface area contributed by atoms with E-state index in [1.54, 1.807) is 6.07 Å². The van der Waals surface area contributed by atoms with E-state index in [2.05, 4.69) is 33.8 Å². The van der Waals surface area contributed by atoms with Crippen LogP contribution in [0.1, 0.15) is 64.0 Å². The minimum atomic E-state index is 0.351. The van der Waals surface area contributed by atoms with E-state index >= 15 is 0 Å². The smallest absolute Gasteiger partial charge is 0.0992 e. The van der Waals surface area contributed by atoms with Gasteiger partial charge in [-0.15, -0.1) is 0 Å². The van der Waals surface area contributed by atoms with Gasteiger partial charge in [-0.1, -0.05) is 45.4 Å². The number of rotatable bonds is 1. The SMILES string of the molecule is CC1(C)CC(c2ccc(C#N)cc2Cl)CC(C)(C)C1. The van der Waals surface area contributed by atoms with Crippen LogP contribution < -0.4 is 0 Å². The molecule has 1 aromatic carbocycles. The maximum absolute atomic E-state index is 8.92. The lowest BCUT2D eigenvalue weighted by Crippen LogP contribution is -2.33. The molecule has 0 N–H and O–H groups in total. The van der Waals surface area contributed by atoms with Crippen molar-refractivity contribution in [2.45, 2.75) is 52.9 Å². The molecule has 1 saturated carbocycles. The lowest BCUT2D eigenvalue weighted by atomic mass is 9.60. The van der Waals surface area contributed by atoms with Crippen LogP contribution in [0.3, 0.4) is 0 Å². The van der Waals surface area contributed by atoms with Gasteiger partial charge in [-0.25, -0.2) is 0 Å². The van der Waals surface area contributed by atoms with Crippen molar-refractivity contribution in [3.05, 3.63) is 34.3 Å². The van der Waals surface area contributed by atoms with E-state index in [-0.39, 0.29) is 0 Å². The summed E-state index contributed by atoms with van der Waals surface area (Å²) in [5.74, 6) is 0.499. The van der Waals surface area contributed by atoms with E-state index in [1.165, 1.54) is 24.8 Å². The minimum absolute atomic E-state index is 0.351. The number of nitriles is 1. The molecule has 0 amide bonds. The molecule has 1 fully saturated rings. The third-order valence-corrected chi connectivity index (χ3v) is 4.45. The first-order chi connectivity index (χ1) is 8.72. The number of nitrogens with zero attached hydrogens (tertiary/aromatic N) is 1. The van der Waals surface area contributed by atoms with Crippen molar-refractivity contribution in [3.63, 3.8) is 0 Å². The third-order valence-electron chi connectivity index (χ3n) is 4.12. The Kier molecular flexibility index (Phi) is 3.67. The summed E-state index contributed by atoms with van der Waals surface area (Å²) in [6.45, 7) is 9.38. The molecule has 0 spiro atoms. The third kappa shape index (κ3) is 3.31. The van der Waals surface area contributed by atoms with Crippen molar-refractivity contribution < 1.29 is 0 Å². The van der Waals surface area contributed by atoms with Gasteiger partial charge in [0.15, 0.2) is 0 Å². The molecule has 1 aliphatic carbocycles. The monoisotopic (exact) mass is 275 g/mol. The Morgan fingerprint density at radius 3 is 2.21 bits per heavy atom. The van der Waals surface area contributed by atoms with Crippen molar-refractivity contribution in [1.29, 1.82) is 5.26 Å². The number of hydrogen-bond donors (Lipinski definition) is 0. The molecule has 2 heteroatoms. The summed E-state index contributed by atoms with van der Waals surface area (Å²) in [4.78, 5) is 0. The maximum atomic E-state index is 8.92. The van der Waals surface area contributed by atoms with Crippen molar-refractivity contribution in [2.75, 3.05) is 0 Å². The zero-order valence-electron chi connectivity index (χ0n) is 12.3. The number of hydrogen-bond acceptors (Lipinski definition) is 1. The molecule has 1 aliphatic rings. The van der Waals surface area contributed by atoms with E-state index in [0.29, 0.717) is 22.3 Å². The van der Waals surface area contributed by atoms with Gasteiger partial charge in [-0.2, -0.15) is 5.26 Å². The molecule has 0 saturated heterocycles. The first-order valence-corrected chi connectivity index (χ1v) is 7.30. The molecule has 0 unspecified atom stereocenters. The fraction of sp³-hybridized carbons (Fsp3) is 0.588. The molecule has 102 valence electrons. The molecule has 0 aliphatic heterocycles. The highest BCUT2D eigenvalue weighted by Crippen LogP contribution is 2.52. The summed E-state index contributed by atoms with van der Waals surface area (Å²) in [5, 5.41) is 9.67. The first-order valence-electron chi connectivity index (χ1n) is 6.92. The zero-order chi connectivity index (χ0) is 14.3. The quantitative estimate of drug-likeness (QED) is 0.661. The van der Waals surface area contributed by atoms with E-state index in [0.717, 1.165) is 5.02 Å². The van der Waals surface area contributed by atoms with Crippen molar-refractivity contribution in [3.8, 4) is 6.07 Å². The predicted molar refractivity (Wildman–Crippen MR) is 80.3 cm³/mol. The molecule has 0 atom stereocenters. The second kappa shape index (κ2) is 4.84. The lowest BCUT2D eigenvalue weighted by Gasteiger charge is -2.45. The highest BCUT2D eigenvalue weighted by molar-refractivity contribution is 6.31. The summed E-state index contributed by atoms with van der Waals surface area (Å²) in [5.41, 5.74) is 2.55. The Bertz CT molecular complexity index is 507.